The Morgan fingerprint density at radius 2 is 2.24 bits per heavy atom. The predicted octanol–water partition coefficient (Wildman–Crippen LogP) is 1.88. The molecule has 6 nitrogen and oxygen atoms in total. The molecule has 0 aliphatic carbocycles. The van der Waals surface area contributed by atoms with Crippen LogP contribution in [-0.4, -0.2) is 26.3 Å². The van der Waals surface area contributed by atoms with E-state index in [2.05, 4.69) is 34.3 Å². The van der Waals surface area contributed by atoms with E-state index in [4.69, 9.17) is 0 Å². The lowest BCUT2D eigenvalue weighted by atomic mass is 10.2. The fraction of sp³-hybridized carbons (Fsp3) is 0.500. The van der Waals surface area contributed by atoms with E-state index in [0.717, 1.165) is 23.7 Å². The lowest BCUT2D eigenvalue weighted by Crippen LogP contribution is -2.19. The lowest BCUT2D eigenvalue weighted by molar-refractivity contribution is 0.551. The van der Waals surface area contributed by atoms with Crippen LogP contribution >= 0.6 is 11.8 Å². The molecule has 7 heteroatoms. The van der Waals surface area contributed by atoms with E-state index in [1.165, 1.54) is 11.8 Å². The molecule has 2 rings (SSSR count). The van der Waals surface area contributed by atoms with Crippen molar-refractivity contribution in [2.24, 2.45) is 5.92 Å². The quantitative estimate of drug-likeness (QED) is 0.817. The van der Waals surface area contributed by atoms with E-state index >= 15 is 0 Å². The number of rotatable bonds is 7. The molecule has 0 saturated heterocycles. The van der Waals surface area contributed by atoms with Crippen molar-refractivity contribution < 1.29 is 0 Å². The van der Waals surface area contributed by atoms with Crippen molar-refractivity contribution in [1.82, 2.24) is 25.1 Å². The van der Waals surface area contributed by atoms with Gasteiger partial charge in [0.05, 0.1) is 0 Å². The van der Waals surface area contributed by atoms with Crippen LogP contribution in [0.25, 0.3) is 0 Å². The van der Waals surface area contributed by atoms with E-state index in [-0.39, 0.29) is 5.69 Å². The molecule has 0 aliphatic heterocycles. The van der Waals surface area contributed by atoms with Crippen molar-refractivity contribution in [3.05, 3.63) is 34.4 Å². The van der Waals surface area contributed by atoms with Gasteiger partial charge in [-0.3, -0.25) is 4.57 Å². The Hall–Kier alpha value is -1.60. The van der Waals surface area contributed by atoms with Gasteiger partial charge in [0, 0.05) is 19.3 Å². The molecular formula is C14H21N5OS. The molecule has 2 aromatic rings. The first-order chi connectivity index (χ1) is 10.1. The summed E-state index contributed by atoms with van der Waals surface area (Å²) in [6, 6.07) is 4.00. The van der Waals surface area contributed by atoms with Gasteiger partial charge in [-0.05, 0) is 42.8 Å². The van der Waals surface area contributed by atoms with Crippen molar-refractivity contribution in [3.63, 3.8) is 0 Å². The molecule has 0 fully saturated rings. The average molecular weight is 307 g/mol. The van der Waals surface area contributed by atoms with Crippen LogP contribution in [0, 0.1) is 5.92 Å². The second-order valence-electron chi connectivity index (χ2n) is 5.19. The second kappa shape index (κ2) is 7.42. The highest BCUT2D eigenvalue weighted by molar-refractivity contribution is 7.99. The molecule has 0 spiro atoms. The largest absolute Gasteiger partial charge is 0.343 e. The van der Waals surface area contributed by atoms with Gasteiger partial charge in [-0.2, -0.15) is 0 Å². The molecule has 2 aromatic heterocycles. The number of pyridine rings is 1. The van der Waals surface area contributed by atoms with Crippen molar-refractivity contribution in [2.75, 3.05) is 6.54 Å². The van der Waals surface area contributed by atoms with Gasteiger partial charge in [0.2, 0.25) is 0 Å². The fourth-order valence-corrected chi connectivity index (χ4v) is 2.68. The molecule has 2 heterocycles. The van der Waals surface area contributed by atoms with Crippen LogP contribution in [0.5, 0.6) is 0 Å². The molecule has 0 amide bonds. The summed E-state index contributed by atoms with van der Waals surface area (Å²) in [5, 5.41) is 11.3. The maximum atomic E-state index is 11.5. The number of aromatic nitrogens is 4. The van der Waals surface area contributed by atoms with Crippen LogP contribution in [0.1, 0.15) is 26.3 Å². The molecule has 21 heavy (non-hydrogen) atoms. The summed E-state index contributed by atoms with van der Waals surface area (Å²) < 4.78 is 1.59. The predicted molar refractivity (Wildman–Crippen MR) is 83.4 cm³/mol. The molecule has 0 aliphatic rings. The zero-order chi connectivity index (χ0) is 15.2. The summed E-state index contributed by atoms with van der Waals surface area (Å²) >= 11 is 1.39. The summed E-state index contributed by atoms with van der Waals surface area (Å²) in [5.74, 6) is 0.637. The maximum Gasteiger partial charge on any atom is 0.343 e. The molecule has 0 unspecified atom stereocenters. The first-order valence-corrected chi connectivity index (χ1v) is 7.90. The highest BCUT2D eigenvalue weighted by Crippen LogP contribution is 2.22. The van der Waals surface area contributed by atoms with Crippen LogP contribution < -0.4 is 11.0 Å². The SMILES string of the molecule is CCn1c(Sc2ccc(CNCC(C)C)cn2)n[nH]c1=O. The van der Waals surface area contributed by atoms with Gasteiger partial charge >= 0.3 is 5.69 Å². The number of nitrogens with one attached hydrogen (secondary N) is 2. The summed E-state index contributed by atoms with van der Waals surface area (Å²) in [4.78, 5) is 15.9. The van der Waals surface area contributed by atoms with E-state index in [0.29, 0.717) is 17.6 Å². The minimum absolute atomic E-state index is 0.186. The smallest absolute Gasteiger partial charge is 0.312 e. The Kier molecular flexibility index (Phi) is 5.58. The van der Waals surface area contributed by atoms with E-state index < -0.39 is 0 Å². The number of hydrogen-bond acceptors (Lipinski definition) is 5. The van der Waals surface area contributed by atoms with Gasteiger partial charge in [0.25, 0.3) is 0 Å². The van der Waals surface area contributed by atoms with Crippen LogP contribution in [-0.2, 0) is 13.1 Å². The van der Waals surface area contributed by atoms with Gasteiger partial charge in [-0.1, -0.05) is 19.9 Å². The van der Waals surface area contributed by atoms with Gasteiger partial charge in [-0.15, -0.1) is 5.10 Å². The van der Waals surface area contributed by atoms with Crippen molar-refractivity contribution in [1.29, 1.82) is 0 Å². The summed E-state index contributed by atoms with van der Waals surface area (Å²) in [5.41, 5.74) is 0.962. The van der Waals surface area contributed by atoms with Crippen LogP contribution in [0.15, 0.2) is 33.3 Å². The van der Waals surface area contributed by atoms with Gasteiger partial charge in [0.15, 0.2) is 5.16 Å². The Labute approximate surface area is 128 Å². The Bertz CT molecular complexity index is 617. The molecule has 0 radical (unpaired) electrons. The summed E-state index contributed by atoms with van der Waals surface area (Å²) in [6.07, 6.45) is 1.86. The topological polar surface area (TPSA) is 75.6 Å². The zero-order valence-corrected chi connectivity index (χ0v) is 13.4. The van der Waals surface area contributed by atoms with Crippen LogP contribution in [0.3, 0.4) is 0 Å². The highest BCUT2D eigenvalue weighted by atomic mass is 32.2. The van der Waals surface area contributed by atoms with E-state index in [1.807, 2.05) is 25.3 Å². The van der Waals surface area contributed by atoms with Crippen molar-refractivity contribution in [2.45, 2.75) is 44.0 Å². The van der Waals surface area contributed by atoms with E-state index in [9.17, 15) is 4.79 Å². The fourth-order valence-electron chi connectivity index (χ4n) is 1.83. The number of H-pyrrole nitrogens is 1. The van der Waals surface area contributed by atoms with Gasteiger partial charge in [0.1, 0.15) is 5.03 Å². The normalized spacial score (nSPS) is 11.2. The molecule has 0 atom stereocenters. The molecule has 2 N–H and O–H groups in total. The maximum absolute atomic E-state index is 11.5. The second-order valence-corrected chi connectivity index (χ2v) is 6.17. The van der Waals surface area contributed by atoms with E-state index in [1.54, 1.807) is 4.57 Å². The Morgan fingerprint density at radius 3 is 2.86 bits per heavy atom. The molecule has 0 bridgehead atoms. The average Bonchev–Trinajstić information content (AvgIpc) is 2.80. The standard InChI is InChI=1S/C14H21N5OS/c1-4-19-13(20)17-18-14(19)21-12-6-5-11(9-16-12)8-15-7-10(2)3/h5-6,9-10,15H,4,7-8H2,1-3H3,(H,17,20). The Balaban J connectivity index is 1.97. The Morgan fingerprint density at radius 1 is 1.43 bits per heavy atom. The summed E-state index contributed by atoms with van der Waals surface area (Å²) in [7, 11) is 0. The molecule has 114 valence electrons. The summed E-state index contributed by atoms with van der Waals surface area (Å²) in [6.45, 7) is 8.68. The number of nitrogens with zero attached hydrogens (tertiary/aromatic N) is 3. The van der Waals surface area contributed by atoms with Gasteiger partial charge in [-0.25, -0.2) is 14.9 Å². The third-order valence-corrected chi connectivity index (χ3v) is 3.86. The lowest BCUT2D eigenvalue weighted by Gasteiger charge is -2.07. The monoisotopic (exact) mass is 307 g/mol. The molecular weight excluding hydrogens is 286 g/mol. The first-order valence-electron chi connectivity index (χ1n) is 7.08. The van der Waals surface area contributed by atoms with Gasteiger partial charge < -0.3 is 5.32 Å². The number of hydrogen-bond donors (Lipinski definition) is 2. The van der Waals surface area contributed by atoms with Crippen LogP contribution in [0.2, 0.25) is 0 Å². The number of aromatic amines is 1. The highest BCUT2D eigenvalue weighted by Gasteiger charge is 2.09. The zero-order valence-electron chi connectivity index (χ0n) is 12.6. The first kappa shape index (κ1) is 15.8. The van der Waals surface area contributed by atoms with Crippen molar-refractivity contribution in [3.8, 4) is 0 Å². The minimum Gasteiger partial charge on any atom is -0.312 e. The third-order valence-electron chi connectivity index (χ3n) is 2.91. The third kappa shape index (κ3) is 4.44. The molecule has 0 saturated carbocycles. The van der Waals surface area contributed by atoms with Crippen molar-refractivity contribution >= 4 is 11.8 Å². The van der Waals surface area contributed by atoms with Crippen LogP contribution in [0.4, 0.5) is 0 Å². The minimum atomic E-state index is -0.186. The molecule has 0 aromatic carbocycles.